The van der Waals surface area contributed by atoms with Crippen molar-refractivity contribution < 1.29 is 23.5 Å². The molecule has 0 bridgehead atoms. The maximum atomic E-state index is 12.2. The second-order valence-electron chi connectivity index (χ2n) is 5.84. The highest BCUT2D eigenvalue weighted by Crippen LogP contribution is 2.19. The highest BCUT2D eigenvalue weighted by Gasteiger charge is 2.19. The normalized spacial score (nSPS) is 11.6. The number of ether oxygens (including phenoxy) is 1. The summed E-state index contributed by atoms with van der Waals surface area (Å²) in [5.41, 5.74) is 0.604. The first-order valence-corrected chi connectivity index (χ1v) is 8.34. The van der Waals surface area contributed by atoms with Crippen LogP contribution in [0.1, 0.15) is 17.5 Å². The van der Waals surface area contributed by atoms with Gasteiger partial charge in [-0.3, -0.25) is 14.4 Å². The smallest absolute Gasteiger partial charge is 0.326 e. The van der Waals surface area contributed by atoms with Gasteiger partial charge in [-0.25, -0.2) is 0 Å². The van der Waals surface area contributed by atoms with Crippen LogP contribution in [-0.2, 0) is 14.3 Å². The second-order valence-corrected chi connectivity index (χ2v) is 5.84. The molecule has 2 N–H and O–H groups in total. The Balaban J connectivity index is 1.50. The Morgan fingerprint density at radius 3 is 2.56 bits per heavy atom. The predicted molar refractivity (Wildman–Crippen MR) is 99.2 cm³/mol. The molecule has 1 atom stereocenters. The van der Waals surface area contributed by atoms with Crippen LogP contribution < -0.4 is 10.6 Å². The number of rotatable bonds is 6. The topological polar surface area (TPSA) is 97.6 Å². The monoisotopic (exact) mass is 366 g/mol. The first-order valence-electron chi connectivity index (χ1n) is 8.34. The molecular weight excluding hydrogens is 348 g/mol. The number of nitrogens with one attached hydrogen (secondary N) is 2. The second kappa shape index (κ2) is 8.18. The van der Waals surface area contributed by atoms with Crippen molar-refractivity contribution in [3.63, 3.8) is 0 Å². The Morgan fingerprint density at radius 1 is 1.04 bits per heavy atom. The van der Waals surface area contributed by atoms with Gasteiger partial charge >= 0.3 is 5.97 Å². The van der Waals surface area contributed by atoms with Crippen LogP contribution in [0.5, 0.6) is 0 Å². The summed E-state index contributed by atoms with van der Waals surface area (Å²) in [5.74, 6) is -1.64. The average molecular weight is 366 g/mol. The zero-order valence-electron chi connectivity index (χ0n) is 14.6. The molecule has 1 aromatic heterocycles. The van der Waals surface area contributed by atoms with Crippen molar-refractivity contribution in [1.29, 1.82) is 0 Å². The van der Waals surface area contributed by atoms with Gasteiger partial charge in [-0.1, -0.05) is 30.3 Å². The molecule has 0 radical (unpaired) electrons. The van der Waals surface area contributed by atoms with E-state index in [-0.39, 0.29) is 12.3 Å². The highest BCUT2D eigenvalue weighted by atomic mass is 16.5. The fourth-order valence-electron chi connectivity index (χ4n) is 2.45. The lowest BCUT2D eigenvalue weighted by atomic mass is 10.1. The molecule has 0 saturated carbocycles. The van der Waals surface area contributed by atoms with Gasteiger partial charge in [0.1, 0.15) is 6.54 Å². The highest BCUT2D eigenvalue weighted by molar-refractivity contribution is 5.98. The van der Waals surface area contributed by atoms with Gasteiger partial charge in [-0.05, 0) is 42.0 Å². The SMILES string of the molecule is C[C@@H](OC(=O)CNC(=O)c1ccco1)C(=O)Nc1ccc2ccccc2c1. The number of anilines is 1. The number of fused-ring (bicyclic) bond motifs is 1. The zero-order chi connectivity index (χ0) is 19.2. The van der Waals surface area contributed by atoms with Crippen LogP contribution in [0.15, 0.2) is 65.3 Å². The minimum absolute atomic E-state index is 0.0879. The molecule has 1 heterocycles. The molecule has 2 amide bonds. The molecule has 0 aliphatic rings. The molecule has 0 aliphatic heterocycles. The van der Waals surface area contributed by atoms with Gasteiger partial charge < -0.3 is 19.8 Å². The Labute approximate surface area is 155 Å². The summed E-state index contributed by atoms with van der Waals surface area (Å²) in [7, 11) is 0. The standard InChI is InChI=1S/C20H18N2O5/c1-13(27-18(23)12-21-20(25)17-7-4-10-26-17)19(24)22-16-9-8-14-5-2-3-6-15(14)11-16/h2-11,13H,12H2,1H3,(H,21,25)(H,22,24)/t13-/m1/s1. The van der Waals surface area contributed by atoms with Crippen LogP contribution in [0.2, 0.25) is 0 Å². The van der Waals surface area contributed by atoms with Gasteiger partial charge in [0, 0.05) is 5.69 Å². The van der Waals surface area contributed by atoms with Crippen LogP contribution in [0, 0.1) is 0 Å². The molecule has 3 rings (SSSR count). The first-order chi connectivity index (χ1) is 13.0. The van der Waals surface area contributed by atoms with E-state index in [4.69, 9.17) is 9.15 Å². The molecule has 7 nitrogen and oxygen atoms in total. The van der Waals surface area contributed by atoms with Crippen LogP contribution in [-0.4, -0.2) is 30.4 Å². The van der Waals surface area contributed by atoms with Crippen molar-refractivity contribution in [1.82, 2.24) is 5.32 Å². The number of amides is 2. The molecule has 138 valence electrons. The summed E-state index contributed by atoms with van der Waals surface area (Å²) in [4.78, 5) is 35.7. The number of carbonyl (C=O) groups excluding carboxylic acids is 3. The van der Waals surface area contributed by atoms with Crippen molar-refractivity contribution in [2.24, 2.45) is 0 Å². The van der Waals surface area contributed by atoms with Crippen LogP contribution in [0.4, 0.5) is 5.69 Å². The lowest BCUT2D eigenvalue weighted by Gasteiger charge is -2.14. The van der Waals surface area contributed by atoms with Crippen molar-refractivity contribution in [3.05, 3.63) is 66.6 Å². The Bertz CT molecular complexity index is 965. The summed E-state index contributed by atoms with van der Waals surface area (Å²) in [5, 5.41) is 7.11. The van der Waals surface area contributed by atoms with Crippen molar-refractivity contribution in [2.45, 2.75) is 13.0 Å². The fraction of sp³-hybridized carbons (Fsp3) is 0.150. The van der Waals surface area contributed by atoms with Crippen LogP contribution in [0.3, 0.4) is 0 Å². The third-order valence-corrected chi connectivity index (χ3v) is 3.83. The zero-order valence-corrected chi connectivity index (χ0v) is 14.6. The van der Waals surface area contributed by atoms with Crippen molar-refractivity contribution >= 4 is 34.2 Å². The number of carbonyl (C=O) groups is 3. The van der Waals surface area contributed by atoms with Crippen molar-refractivity contribution in [3.8, 4) is 0 Å². The Kier molecular flexibility index (Phi) is 5.51. The lowest BCUT2D eigenvalue weighted by molar-refractivity contribution is -0.152. The van der Waals surface area contributed by atoms with Gasteiger partial charge in [0.2, 0.25) is 0 Å². The molecule has 0 saturated heterocycles. The van der Waals surface area contributed by atoms with E-state index < -0.39 is 23.9 Å². The maximum Gasteiger partial charge on any atom is 0.326 e. The number of esters is 1. The van der Waals surface area contributed by atoms with E-state index in [1.807, 2.05) is 36.4 Å². The molecule has 0 aliphatic carbocycles. The Morgan fingerprint density at radius 2 is 1.81 bits per heavy atom. The number of hydrogen-bond donors (Lipinski definition) is 2. The average Bonchev–Trinajstić information content (AvgIpc) is 3.21. The lowest BCUT2D eigenvalue weighted by Crippen LogP contribution is -2.35. The summed E-state index contributed by atoms with van der Waals surface area (Å²) >= 11 is 0. The molecular formula is C20H18N2O5. The van der Waals surface area contributed by atoms with Gasteiger partial charge in [-0.15, -0.1) is 0 Å². The minimum atomic E-state index is -1.01. The number of benzene rings is 2. The fourth-order valence-corrected chi connectivity index (χ4v) is 2.45. The molecule has 0 unspecified atom stereocenters. The van der Waals surface area contributed by atoms with Crippen molar-refractivity contribution in [2.75, 3.05) is 11.9 Å². The quantitative estimate of drug-likeness (QED) is 0.654. The maximum absolute atomic E-state index is 12.2. The first kappa shape index (κ1) is 18.2. The van der Waals surface area contributed by atoms with E-state index in [1.54, 1.807) is 12.1 Å². The number of hydrogen-bond acceptors (Lipinski definition) is 5. The molecule has 7 heteroatoms. The van der Waals surface area contributed by atoms with Gasteiger partial charge in [-0.2, -0.15) is 0 Å². The molecule has 0 spiro atoms. The minimum Gasteiger partial charge on any atom is -0.459 e. The van der Waals surface area contributed by atoms with Gasteiger partial charge in [0.25, 0.3) is 11.8 Å². The van der Waals surface area contributed by atoms with Gasteiger partial charge in [0.15, 0.2) is 11.9 Å². The van der Waals surface area contributed by atoms with Crippen LogP contribution >= 0.6 is 0 Å². The summed E-state index contributed by atoms with van der Waals surface area (Å²) < 4.78 is 9.96. The van der Waals surface area contributed by atoms with E-state index in [0.29, 0.717) is 5.69 Å². The number of furan rings is 1. The van der Waals surface area contributed by atoms with E-state index >= 15 is 0 Å². The summed E-state index contributed by atoms with van der Waals surface area (Å²) in [6.45, 7) is 1.09. The molecule has 27 heavy (non-hydrogen) atoms. The Hall–Kier alpha value is -3.61. The van der Waals surface area contributed by atoms with E-state index in [1.165, 1.54) is 19.3 Å². The summed E-state index contributed by atoms with van der Waals surface area (Å²) in [6, 6.07) is 16.3. The molecule has 3 aromatic rings. The third-order valence-electron chi connectivity index (χ3n) is 3.83. The predicted octanol–water partition coefficient (Wildman–Crippen LogP) is 2.73. The van der Waals surface area contributed by atoms with E-state index in [2.05, 4.69) is 10.6 Å². The van der Waals surface area contributed by atoms with Gasteiger partial charge in [0.05, 0.1) is 6.26 Å². The summed E-state index contributed by atoms with van der Waals surface area (Å²) in [6.07, 6.45) is 0.344. The van der Waals surface area contributed by atoms with E-state index in [0.717, 1.165) is 10.8 Å². The molecule has 0 fully saturated rings. The van der Waals surface area contributed by atoms with Crippen LogP contribution in [0.25, 0.3) is 10.8 Å². The largest absolute Gasteiger partial charge is 0.459 e. The third kappa shape index (κ3) is 4.72. The van der Waals surface area contributed by atoms with E-state index in [9.17, 15) is 14.4 Å². The molecule has 2 aromatic carbocycles.